The number of nitrogens with two attached hydrogens (primary N) is 1. The molecule has 2 rings (SSSR count). The molecule has 0 aromatic heterocycles. The van der Waals surface area contributed by atoms with E-state index in [0.29, 0.717) is 44.0 Å². The zero-order valence-corrected chi connectivity index (χ0v) is 14.2. The molecule has 0 fully saturated rings. The molecule has 0 saturated heterocycles. The number of benzene rings is 2. The van der Waals surface area contributed by atoms with Crippen LogP contribution < -0.4 is 10.5 Å². The van der Waals surface area contributed by atoms with Gasteiger partial charge in [-0.1, -0.05) is 46.9 Å². The minimum absolute atomic E-state index is 0.444. The fourth-order valence-electron chi connectivity index (χ4n) is 1.71. The third-order valence-electron chi connectivity index (χ3n) is 2.65. The lowest BCUT2D eigenvalue weighted by molar-refractivity contribution is 0.476. The van der Waals surface area contributed by atoms with Crippen LogP contribution in [-0.4, -0.2) is 6.54 Å². The van der Waals surface area contributed by atoms with E-state index in [-0.39, 0.29) is 0 Å². The third kappa shape index (κ3) is 3.60. The van der Waals surface area contributed by atoms with E-state index in [4.69, 9.17) is 45.3 Å². The van der Waals surface area contributed by atoms with E-state index in [1.165, 1.54) is 0 Å². The van der Waals surface area contributed by atoms with Gasteiger partial charge in [-0.2, -0.15) is 0 Å². The van der Waals surface area contributed by atoms with Crippen LogP contribution in [0, 0.1) is 0 Å². The van der Waals surface area contributed by atoms with Gasteiger partial charge in [0.05, 0.1) is 15.1 Å². The predicted molar refractivity (Wildman–Crippen MR) is 88.4 cm³/mol. The predicted octanol–water partition coefficient (Wildman–Crippen LogP) is 5.70. The van der Waals surface area contributed by atoms with Gasteiger partial charge in [0, 0.05) is 10.5 Å². The maximum Gasteiger partial charge on any atom is 0.149 e. The van der Waals surface area contributed by atoms with Gasteiger partial charge in [0.1, 0.15) is 11.5 Å². The molecule has 0 spiro atoms. The lowest BCUT2D eigenvalue weighted by Gasteiger charge is -2.14. The minimum Gasteiger partial charge on any atom is -0.454 e. The van der Waals surface area contributed by atoms with Gasteiger partial charge in [-0.15, -0.1) is 0 Å². The van der Waals surface area contributed by atoms with Crippen molar-refractivity contribution in [3.63, 3.8) is 0 Å². The minimum atomic E-state index is 0.444. The maximum atomic E-state index is 6.19. The summed E-state index contributed by atoms with van der Waals surface area (Å²) in [5.41, 5.74) is 6.52. The summed E-state index contributed by atoms with van der Waals surface area (Å²) >= 11 is 21.7. The zero-order valence-electron chi connectivity index (χ0n) is 10.3. The van der Waals surface area contributed by atoms with Gasteiger partial charge < -0.3 is 10.5 Å². The van der Waals surface area contributed by atoms with E-state index < -0.39 is 0 Å². The summed E-state index contributed by atoms with van der Waals surface area (Å²) in [4.78, 5) is 0. The van der Waals surface area contributed by atoms with Crippen LogP contribution >= 0.6 is 50.7 Å². The topological polar surface area (TPSA) is 35.2 Å². The van der Waals surface area contributed by atoms with Gasteiger partial charge in [-0.25, -0.2) is 0 Å². The smallest absolute Gasteiger partial charge is 0.149 e. The molecule has 20 heavy (non-hydrogen) atoms. The van der Waals surface area contributed by atoms with Crippen LogP contribution in [0.15, 0.2) is 34.8 Å². The van der Waals surface area contributed by atoms with Gasteiger partial charge in [0.2, 0.25) is 0 Å². The van der Waals surface area contributed by atoms with Crippen molar-refractivity contribution in [2.45, 2.75) is 6.42 Å². The van der Waals surface area contributed by atoms with E-state index in [2.05, 4.69) is 15.9 Å². The van der Waals surface area contributed by atoms with E-state index in [1.807, 2.05) is 12.1 Å². The second kappa shape index (κ2) is 7.01. The Hall–Kier alpha value is -0.450. The molecule has 0 aliphatic carbocycles. The van der Waals surface area contributed by atoms with Crippen LogP contribution in [0.2, 0.25) is 15.1 Å². The fourth-order valence-corrected chi connectivity index (χ4v) is 2.78. The number of halogens is 4. The molecule has 2 N–H and O–H groups in total. The first kappa shape index (κ1) is 15.9. The average molecular weight is 396 g/mol. The molecule has 0 atom stereocenters. The second-order valence-corrected chi connectivity index (χ2v) is 6.14. The Morgan fingerprint density at radius 2 is 1.80 bits per heavy atom. The van der Waals surface area contributed by atoms with Gasteiger partial charge in [-0.3, -0.25) is 0 Å². The molecular weight excluding hydrogens is 384 g/mol. The van der Waals surface area contributed by atoms with Crippen LogP contribution in [-0.2, 0) is 6.42 Å². The van der Waals surface area contributed by atoms with Crippen molar-refractivity contribution in [3.8, 4) is 11.5 Å². The zero-order chi connectivity index (χ0) is 14.7. The van der Waals surface area contributed by atoms with Crippen LogP contribution in [0.4, 0.5) is 0 Å². The molecule has 2 aromatic rings. The Kier molecular flexibility index (Phi) is 5.58. The highest BCUT2D eigenvalue weighted by molar-refractivity contribution is 9.10. The summed E-state index contributed by atoms with van der Waals surface area (Å²) in [6.45, 7) is 0.505. The number of hydrogen-bond acceptors (Lipinski definition) is 2. The van der Waals surface area contributed by atoms with E-state index in [9.17, 15) is 0 Å². The molecule has 0 radical (unpaired) electrons. The molecule has 2 nitrogen and oxygen atoms in total. The summed E-state index contributed by atoms with van der Waals surface area (Å²) in [7, 11) is 0. The van der Waals surface area contributed by atoms with Crippen LogP contribution in [0.1, 0.15) is 5.56 Å². The first-order chi connectivity index (χ1) is 9.52. The molecule has 106 valence electrons. The van der Waals surface area contributed by atoms with E-state index >= 15 is 0 Å². The quantitative estimate of drug-likeness (QED) is 0.674. The summed E-state index contributed by atoms with van der Waals surface area (Å²) in [6.07, 6.45) is 0.664. The maximum absolute atomic E-state index is 6.19. The van der Waals surface area contributed by atoms with Crippen molar-refractivity contribution in [1.82, 2.24) is 0 Å². The Morgan fingerprint density at radius 1 is 1.05 bits per heavy atom. The number of rotatable bonds is 4. The summed E-state index contributed by atoms with van der Waals surface area (Å²) < 4.78 is 6.54. The van der Waals surface area contributed by atoms with E-state index in [0.717, 1.165) is 5.56 Å². The van der Waals surface area contributed by atoms with Crippen LogP contribution in [0.5, 0.6) is 11.5 Å². The monoisotopic (exact) mass is 393 g/mol. The molecule has 0 aliphatic heterocycles. The van der Waals surface area contributed by atoms with Gasteiger partial charge in [-0.05, 0) is 46.6 Å². The molecule has 0 saturated carbocycles. The Morgan fingerprint density at radius 3 is 2.50 bits per heavy atom. The fraction of sp³-hybridized carbons (Fsp3) is 0.143. The molecule has 2 aromatic carbocycles. The van der Waals surface area contributed by atoms with Gasteiger partial charge >= 0.3 is 0 Å². The first-order valence-electron chi connectivity index (χ1n) is 5.82. The molecule has 0 amide bonds. The number of para-hydroxylation sites is 1. The number of ether oxygens (including phenoxy) is 1. The van der Waals surface area contributed by atoms with Crippen LogP contribution in [0.25, 0.3) is 0 Å². The Balaban J connectivity index is 2.42. The Bertz CT molecular complexity index is 634. The molecule has 0 heterocycles. The van der Waals surface area contributed by atoms with Crippen molar-refractivity contribution in [2.75, 3.05) is 6.54 Å². The molecule has 0 aliphatic rings. The van der Waals surface area contributed by atoms with Crippen molar-refractivity contribution in [2.24, 2.45) is 5.73 Å². The van der Waals surface area contributed by atoms with Crippen molar-refractivity contribution < 1.29 is 4.74 Å². The summed E-state index contributed by atoms with van der Waals surface area (Å²) in [5, 5.41) is 1.46. The van der Waals surface area contributed by atoms with Crippen LogP contribution in [0.3, 0.4) is 0 Å². The highest BCUT2D eigenvalue weighted by atomic mass is 79.9. The Labute approximate surface area is 140 Å². The first-order valence-corrected chi connectivity index (χ1v) is 7.75. The standard InChI is InChI=1S/C14H11BrCl3NO/c15-9-6-12(18)13(7-11(9)17)20-14-8(4-5-19)2-1-3-10(14)16/h1-3,6-7H,4-5,19H2. The number of hydrogen-bond donors (Lipinski definition) is 1. The van der Waals surface area contributed by atoms with Gasteiger partial charge in [0.15, 0.2) is 0 Å². The van der Waals surface area contributed by atoms with Gasteiger partial charge in [0.25, 0.3) is 0 Å². The average Bonchev–Trinajstić information content (AvgIpc) is 2.40. The summed E-state index contributed by atoms with van der Waals surface area (Å²) in [6, 6.07) is 8.85. The molecule has 0 unspecified atom stereocenters. The highest BCUT2D eigenvalue weighted by Gasteiger charge is 2.13. The molecular formula is C14H11BrCl3NO. The molecule has 0 bridgehead atoms. The summed E-state index contributed by atoms with van der Waals surface area (Å²) in [5.74, 6) is 1.01. The van der Waals surface area contributed by atoms with Crippen molar-refractivity contribution >= 4 is 50.7 Å². The normalized spacial score (nSPS) is 10.7. The largest absolute Gasteiger partial charge is 0.454 e. The second-order valence-electron chi connectivity index (χ2n) is 4.07. The highest BCUT2D eigenvalue weighted by Crippen LogP contribution is 2.39. The molecule has 6 heteroatoms. The SMILES string of the molecule is NCCc1cccc(Cl)c1Oc1cc(Cl)c(Br)cc1Cl. The van der Waals surface area contributed by atoms with E-state index in [1.54, 1.807) is 18.2 Å². The lowest BCUT2D eigenvalue weighted by atomic mass is 10.1. The van der Waals surface area contributed by atoms with Crippen molar-refractivity contribution in [3.05, 3.63) is 55.4 Å². The lowest BCUT2D eigenvalue weighted by Crippen LogP contribution is -2.04. The third-order valence-corrected chi connectivity index (χ3v) is 4.44. The van der Waals surface area contributed by atoms with Crippen molar-refractivity contribution in [1.29, 1.82) is 0 Å².